The van der Waals surface area contributed by atoms with E-state index in [4.69, 9.17) is 0 Å². The first-order valence-corrected chi connectivity index (χ1v) is 8.38. The number of nitrogens with one attached hydrogen (secondary N) is 2. The second-order valence-corrected chi connectivity index (χ2v) is 6.46. The Labute approximate surface area is 149 Å². The number of benzene rings is 2. The molecule has 0 spiro atoms. The third kappa shape index (κ3) is 2.25. The summed E-state index contributed by atoms with van der Waals surface area (Å²) in [5, 5.41) is 17.3. The van der Waals surface area contributed by atoms with Crippen LogP contribution in [0.3, 0.4) is 0 Å². The number of aromatic amines is 2. The minimum Gasteiger partial charge on any atom is -0.508 e. The zero-order valence-electron chi connectivity index (χ0n) is 13.8. The van der Waals surface area contributed by atoms with E-state index in [0.717, 1.165) is 51.2 Å². The Morgan fingerprint density at radius 1 is 0.923 bits per heavy atom. The van der Waals surface area contributed by atoms with Gasteiger partial charge < -0.3 is 10.1 Å². The van der Waals surface area contributed by atoms with Crippen LogP contribution in [0.2, 0.25) is 0 Å². The maximum atomic E-state index is 11.5. The molecule has 0 unspecified atom stereocenters. The summed E-state index contributed by atoms with van der Waals surface area (Å²) in [5.74, 6) is 0.283. The SMILES string of the molecule is O=c1cc(-c2ccc(-c3n[nH]c4c3Cc3cc(O)ccc3-4)cc2)cc[nH]1. The van der Waals surface area contributed by atoms with E-state index in [2.05, 4.69) is 15.2 Å². The van der Waals surface area contributed by atoms with E-state index < -0.39 is 0 Å². The third-order valence-corrected chi connectivity index (χ3v) is 4.86. The first kappa shape index (κ1) is 14.7. The molecule has 0 bridgehead atoms. The lowest BCUT2D eigenvalue weighted by Crippen LogP contribution is -2.01. The number of aromatic nitrogens is 3. The van der Waals surface area contributed by atoms with E-state index in [9.17, 15) is 9.90 Å². The van der Waals surface area contributed by atoms with Gasteiger partial charge in [-0.05, 0) is 41.0 Å². The van der Waals surface area contributed by atoms with Gasteiger partial charge in [-0.2, -0.15) is 5.10 Å². The Bertz CT molecular complexity index is 1190. The van der Waals surface area contributed by atoms with Crippen molar-refractivity contribution in [2.24, 2.45) is 0 Å². The van der Waals surface area contributed by atoms with Gasteiger partial charge in [-0.1, -0.05) is 24.3 Å². The zero-order chi connectivity index (χ0) is 17.7. The molecule has 2 heterocycles. The van der Waals surface area contributed by atoms with Crippen LogP contribution >= 0.6 is 0 Å². The van der Waals surface area contributed by atoms with Crippen molar-refractivity contribution in [3.63, 3.8) is 0 Å². The molecule has 0 radical (unpaired) electrons. The number of hydrogen-bond donors (Lipinski definition) is 3. The lowest BCUT2D eigenvalue weighted by atomic mass is 10.0. The van der Waals surface area contributed by atoms with Crippen molar-refractivity contribution in [2.45, 2.75) is 6.42 Å². The van der Waals surface area contributed by atoms with E-state index in [-0.39, 0.29) is 11.3 Å². The molecule has 1 aliphatic carbocycles. The van der Waals surface area contributed by atoms with Crippen LogP contribution in [-0.4, -0.2) is 20.3 Å². The monoisotopic (exact) mass is 341 g/mol. The molecular weight excluding hydrogens is 326 g/mol. The van der Waals surface area contributed by atoms with Crippen LogP contribution in [0.1, 0.15) is 11.1 Å². The smallest absolute Gasteiger partial charge is 0.248 e. The number of aromatic hydroxyl groups is 1. The highest BCUT2D eigenvalue weighted by Gasteiger charge is 2.25. The highest BCUT2D eigenvalue weighted by molar-refractivity contribution is 5.82. The molecule has 1 aliphatic rings. The highest BCUT2D eigenvalue weighted by Crippen LogP contribution is 2.41. The molecule has 2 aromatic heterocycles. The average molecular weight is 341 g/mol. The number of H-pyrrole nitrogens is 2. The molecule has 0 aliphatic heterocycles. The summed E-state index contributed by atoms with van der Waals surface area (Å²) in [6, 6.07) is 16.9. The predicted octanol–water partition coefficient (Wildman–Crippen LogP) is 3.71. The molecule has 5 heteroatoms. The van der Waals surface area contributed by atoms with Gasteiger partial charge in [0.1, 0.15) is 5.75 Å². The van der Waals surface area contributed by atoms with Crippen LogP contribution in [0.15, 0.2) is 65.6 Å². The molecule has 3 N–H and O–H groups in total. The largest absolute Gasteiger partial charge is 0.508 e. The van der Waals surface area contributed by atoms with E-state index in [0.29, 0.717) is 0 Å². The molecule has 0 saturated carbocycles. The van der Waals surface area contributed by atoms with Crippen molar-refractivity contribution in [2.75, 3.05) is 0 Å². The summed E-state index contributed by atoms with van der Waals surface area (Å²) in [5.41, 5.74) is 8.07. The van der Waals surface area contributed by atoms with Crippen LogP contribution in [0, 0.1) is 0 Å². The normalized spacial score (nSPS) is 12.0. The summed E-state index contributed by atoms with van der Waals surface area (Å²) in [6.45, 7) is 0. The van der Waals surface area contributed by atoms with E-state index >= 15 is 0 Å². The second kappa shape index (κ2) is 5.46. The van der Waals surface area contributed by atoms with Crippen LogP contribution in [0.25, 0.3) is 33.6 Å². The minimum absolute atomic E-state index is 0.113. The predicted molar refractivity (Wildman–Crippen MR) is 100.0 cm³/mol. The Morgan fingerprint density at radius 3 is 2.54 bits per heavy atom. The third-order valence-electron chi connectivity index (χ3n) is 4.86. The molecule has 0 saturated heterocycles. The van der Waals surface area contributed by atoms with Gasteiger partial charge in [-0.3, -0.25) is 9.89 Å². The van der Waals surface area contributed by atoms with Gasteiger partial charge in [0.15, 0.2) is 0 Å². The quantitative estimate of drug-likeness (QED) is 0.458. The van der Waals surface area contributed by atoms with Gasteiger partial charge in [-0.15, -0.1) is 0 Å². The molecule has 0 amide bonds. The number of fused-ring (bicyclic) bond motifs is 3. The Kier molecular flexibility index (Phi) is 3.09. The summed E-state index contributed by atoms with van der Waals surface area (Å²) in [7, 11) is 0. The number of nitrogens with zero attached hydrogens (tertiary/aromatic N) is 1. The lowest BCUT2D eigenvalue weighted by molar-refractivity contribution is 0.475. The van der Waals surface area contributed by atoms with Gasteiger partial charge in [0.25, 0.3) is 0 Å². The van der Waals surface area contributed by atoms with Crippen molar-refractivity contribution >= 4 is 0 Å². The number of phenolic OH excluding ortho intramolecular Hbond substituents is 1. The first-order chi connectivity index (χ1) is 12.7. The maximum Gasteiger partial charge on any atom is 0.248 e. The van der Waals surface area contributed by atoms with E-state index in [1.807, 2.05) is 42.5 Å². The lowest BCUT2D eigenvalue weighted by Gasteiger charge is -2.04. The van der Waals surface area contributed by atoms with Crippen LogP contribution in [-0.2, 0) is 6.42 Å². The van der Waals surface area contributed by atoms with Crippen molar-refractivity contribution in [3.8, 4) is 39.4 Å². The summed E-state index contributed by atoms with van der Waals surface area (Å²) >= 11 is 0. The van der Waals surface area contributed by atoms with E-state index in [1.165, 1.54) is 0 Å². The van der Waals surface area contributed by atoms with Gasteiger partial charge in [0, 0.05) is 35.4 Å². The van der Waals surface area contributed by atoms with Crippen LogP contribution in [0.4, 0.5) is 0 Å². The summed E-state index contributed by atoms with van der Waals surface area (Å²) in [6.07, 6.45) is 2.40. The fourth-order valence-corrected chi connectivity index (χ4v) is 3.60. The summed E-state index contributed by atoms with van der Waals surface area (Å²) in [4.78, 5) is 14.1. The van der Waals surface area contributed by atoms with Gasteiger partial charge in [0.05, 0.1) is 11.4 Å². The molecule has 0 fully saturated rings. The molecular formula is C21H15N3O2. The van der Waals surface area contributed by atoms with Gasteiger partial charge in [-0.25, -0.2) is 0 Å². The number of pyridine rings is 1. The Morgan fingerprint density at radius 2 is 1.73 bits per heavy atom. The fraction of sp³-hybridized carbons (Fsp3) is 0.0476. The molecule has 4 aromatic rings. The van der Waals surface area contributed by atoms with Crippen molar-refractivity contribution < 1.29 is 5.11 Å². The van der Waals surface area contributed by atoms with Crippen LogP contribution < -0.4 is 5.56 Å². The average Bonchev–Trinajstić information content (AvgIpc) is 3.20. The minimum atomic E-state index is -0.113. The number of hydrogen-bond acceptors (Lipinski definition) is 3. The van der Waals surface area contributed by atoms with Crippen molar-refractivity contribution in [1.29, 1.82) is 0 Å². The standard InChI is InChI=1S/C21H15N3O2/c25-16-5-6-17-15(9-16)10-18-20(23-24-21(17)18)13-3-1-12(2-4-13)14-7-8-22-19(26)11-14/h1-9,11,25H,10H2,(H,22,26)(H,23,24). The van der Waals surface area contributed by atoms with Gasteiger partial charge >= 0.3 is 0 Å². The van der Waals surface area contributed by atoms with Crippen molar-refractivity contribution in [1.82, 2.24) is 15.2 Å². The molecule has 5 rings (SSSR count). The van der Waals surface area contributed by atoms with E-state index in [1.54, 1.807) is 18.3 Å². The number of phenols is 1. The topological polar surface area (TPSA) is 81.8 Å². The Hall–Kier alpha value is -3.60. The van der Waals surface area contributed by atoms with Crippen molar-refractivity contribution in [3.05, 3.63) is 82.3 Å². The molecule has 0 atom stereocenters. The fourth-order valence-electron chi connectivity index (χ4n) is 3.60. The first-order valence-electron chi connectivity index (χ1n) is 8.38. The summed E-state index contributed by atoms with van der Waals surface area (Å²) < 4.78 is 0. The molecule has 2 aromatic carbocycles. The zero-order valence-corrected chi connectivity index (χ0v) is 13.8. The second-order valence-electron chi connectivity index (χ2n) is 6.46. The number of rotatable bonds is 2. The molecule has 26 heavy (non-hydrogen) atoms. The Balaban J connectivity index is 1.53. The maximum absolute atomic E-state index is 11.5. The molecule has 5 nitrogen and oxygen atoms in total. The molecule has 126 valence electrons. The highest BCUT2D eigenvalue weighted by atomic mass is 16.3. The van der Waals surface area contributed by atoms with Gasteiger partial charge in [0.2, 0.25) is 5.56 Å². The van der Waals surface area contributed by atoms with Crippen LogP contribution in [0.5, 0.6) is 5.75 Å².